The van der Waals surface area contributed by atoms with Gasteiger partial charge in [0.25, 0.3) is 0 Å². The lowest BCUT2D eigenvalue weighted by Crippen LogP contribution is -2.12. The topological polar surface area (TPSA) is 74.2 Å². The van der Waals surface area contributed by atoms with Gasteiger partial charge in [0.1, 0.15) is 6.10 Å². The smallest absolute Gasteiger partial charge is 0.243 e. The van der Waals surface area contributed by atoms with Gasteiger partial charge in [0.2, 0.25) is 5.89 Å². The van der Waals surface area contributed by atoms with Gasteiger partial charge < -0.3 is 15.0 Å². The quantitative estimate of drug-likeness (QED) is 0.791. The second-order valence-electron chi connectivity index (χ2n) is 3.48. The molecule has 1 unspecified atom stereocenters. The number of hydrogen-bond donors (Lipinski definition) is 1. The summed E-state index contributed by atoms with van der Waals surface area (Å²) in [6.07, 6.45) is 2.74. The molecule has 0 saturated heterocycles. The highest BCUT2D eigenvalue weighted by Gasteiger charge is 2.17. The molecular weight excluding hydrogens is 226 g/mol. The van der Waals surface area contributed by atoms with Crippen molar-refractivity contribution >= 4 is 11.8 Å². The first-order chi connectivity index (χ1) is 7.69. The highest BCUT2D eigenvalue weighted by molar-refractivity contribution is 7.98. The molecule has 0 spiro atoms. The number of nitrogens with two attached hydrogens (primary N) is 1. The van der Waals surface area contributed by atoms with Gasteiger partial charge in [-0.3, -0.25) is 0 Å². The third-order valence-electron chi connectivity index (χ3n) is 2.19. The molecule has 2 atom stereocenters. The van der Waals surface area contributed by atoms with E-state index in [9.17, 15) is 0 Å². The molecule has 0 saturated carbocycles. The average Bonchev–Trinajstić information content (AvgIpc) is 2.75. The number of aromatic nitrogens is 2. The molecule has 5 nitrogen and oxygen atoms in total. The maximum atomic E-state index is 5.92. The summed E-state index contributed by atoms with van der Waals surface area (Å²) >= 11 is 1.75. The molecule has 0 aliphatic carbocycles. The largest absolute Gasteiger partial charge is 0.371 e. The molecule has 1 aromatic rings. The van der Waals surface area contributed by atoms with Crippen LogP contribution in [0.1, 0.15) is 44.1 Å². The predicted molar refractivity (Wildman–Crippen MR) is 64.3 cm³/mol. The SMILES string of the molecule is CCOC(C)c1noc([C@@H](N)CCSC)n1. The fourth-order valence-corrected chi connectivity index (χ4v) is 1.75. The summed E-state index contributed by atoms with van der Waals surface area (Å²) in [6, 6.07) is -0.178. The van der Waals surface area contributed by atoms with Crippen molar-refractivity contribution in [3.63, 3.8) is 0 Å². The van der Waals surface area contributed by atoms with Gasteiger partial charge in [-0.15, -0.1) is 0 Å². The molecule has 0 aliphatic rings. The van der Waals surface area contributed by atoms with E-state index in [0.717, 1.165) is 12.2 Å². The van der Waals surface area contributed by atoms with Crippen LogP contribution in [-0.4, -0.2) is 28.8 Å². The number of hydrogen-bond acceptors (Lipinski definition) is 6. The molecule has 16 heavy (non-hydrogen) atoms. The van der Waals surface area contributed by atoms with Crippen LogP contribution in [0.3, 0.4) is 0 Å². The minimum absolute atomic E-state index is 0.143. The van der Waals surface area contributed by atoms with Crippen LogP contribution in [0.4, 0.5) is 0 Å². The summed E-state index contributed by atoms with van der Waals surface area (Å²) in [7, 11) is 0. The molecule has 0 aliphatic heterocycles. The Bertz CT molecular complexity index is 306. The van der Waals surface area contributed by atoms with Gasteiger partial charge in [0.05, 0.1) is 6.04 Å². The summed E-state index contributed by atoms with van der Waals surface area (Å²) in [5.74, 6) is 2.05. The molecule has 0 amide bonds. The fraction of sp³-hybridized carbons (Fsp3) is 0.800. The standard InChI is InChI=1S/C10H19N3O2S/c1-4-14-7(2)9-12-10(15-13-9)8(11)5-6-16-3/h7-8H,4-6,11H2,1-3H3/t7?,8-/m0/s1. The molecule has 0 radical (unpaired) electrons. The lowest BCUT2D eigenvalue weighted by Gasteiger charge is -2.06. The van der Waals surface area contributed by atoms with Crippen molar-refractivity contribution in [2.75, 3.05) is 18.6 Å². The lowest BCUT2D eigenvalue weighted by molar-refractivity contribution is 0.0683. The Balaban J connectivity index is 2.56. The van der Waals surface area contributed by atoms with Gasteiger partial charge in [0, 0.05) is 6.61 Å². The Morgan fingerprint density at radius 1 is 1.56 bits per heavy atom. The lowest BCUT2D eigenvalue weighted by atomic mass is 10.2. The zero-order chi connectivity index (χ0) is 12.0. The normalized spacial score (nSPS) is 15.0. The Labute approximate surface area is 100 Å². The van der Waals surface area contributed by atoms with Crippen LogP contribution in [-0.2, 0) is 4.74 Å². The number of nitrogens with zero attached hydrogens (tertiary/aromatic N) is 2. The van der Waals surface area contributed by atoms with Crippen LogP contribution < -0.4 is 5.73 Å². The molecule has 0 fully saturated rings. The van der Waals surface area contributed by atoms with E-state index in [1.165, 1.54) is 0 Å². The Morgan fingerprint density at radius 2 is 2.31 bits per heavy atom. The average molecular weight is 245 g/mol. The first-order valence-corrected chi connectivity index (χ1v) is 6.78. The molecule has 1 heterocycles. The van der Waals surface area contributed by atoms with Crippen molar-refractivity contribution in [3.8, 4) is 0 Å². The highest BCUT2D eigenvalue weighted by Crippen LogP contribution is 2.18. The van der Waals surface area contributed by atoms with E-state index in [1.807, 2.05) is 20.1 Å². The molecule has 2 N–H and O–H groups in total. The number of rotatable bonds is 7. The first-order valence-electron chi connectivity index (χ1n) is 5.38. The second-order valence-corrected chi connectivity index (χ2v) is 4.46. The maximum Gasteiger partial charge on any atom is 0.243 e. The molecule has 1 aromatic heterocycles. The van der Waals surface area contributed by atoms with Crippen LogP contribution >= 0.6 is 11.8 Å². The second kappa shape index (κ2) is 6.88. The molecule has 1 rings (SSSR count). The molecule has 0 aromatic carbocycles. The van der Waals surface area contributed by atoms with E-state index < -0.39 is 0 Å². The van der Waals surface area contributed by atoms with Crippen molar-refractivity contribution in [1.82, 2.24) is 10.1 Å². The summed E-state index contributed by atoms with van der Waals surface area (Å²) in [6.45, 7) is 4.46. The minimum atomic E-state index is -0.178. The zero-order valence-electron chi connectivity index (χ0n) is 9.97. The molecule has 6 heteroatoms. The van der Waals surface area contributed by atoms with Crippen molar-refractivity contribution in [3.05, 3.63) is 11.7 Å². The highest BCUT2D eigenvalue weighted by atomic mass is 32.2. The zero-order valence-corrected chi connectivity index (χ0v) is 10.8. The van der Waals surface area contributed by atoms with Crippen LogP contribution in [0.15, 0.2) is 4.52 Å². The van der Waals surface area contributed by atoms with E-state index in [2.05, 4.69) is 10.1 Å². The summed E-state index contributed by atoms with van der Waals surface area (Å²) in [4.78, 5) is 4.24. The van der Waals surface area contributed by atoms with E-state index in [1.54, 1.807) is 11.8 Å². The van der Waals surface area contributed by atoms with Crippen LogP contribution in [0.5, 0.6) is 0 Å². The van der Waals surface area contributed by atoms with Gasteiger partial charge in [-0.05, 0) is 32.3 Å². The third kappa shape index (κ3) is 3.77. The van der Waals surface area contributed by atoms with Crippen molar-refractivity contribution in [2.24, 2.45) is 5.73 Å². The van der Waals surface area contributed by atoms with Crippen molar-refractivity contribution < 1.29 is 9.26 Å². The summed E-state index contributed by atoms with van der Waals surface area (Å²) in [5, 5.41) is 3.87. The first kappa shape index (κ1) is 13.5. The monoisotopic (exact) mass is 245 g/mol. The minimum Gasteiger partial charge on any atom is -0.371 e. The van der Waals surface area contributed by atoms with Gasteiger partial charge in [-0.25, -0.2) is 0 Å². The van der Waals surface area contributed by atoms with Crippen LogP contribution in [0.2, 0.25) is 0 Å². The number of thioether (sulfide) groups is 1. The van der Waals surface area contributed by atoms with Gasteiger partial charge in [-0.2, -0.15) is 16.7 Å². The third-order valence-corrected chi connectivity index (χ3v) is 2.83. The van der Waals surface area contributed by atoms with Crippen LogP contribution in [0, 0.1) is 0 Å². The van der Waals surface area contributed by atoms with E-state index in [4.69, 9.17) is 15.0 Å². The van der Waals surface area contributed by atoms with Gasteiger partial charge in [-0.1, -0.05) is 5.16 Å². The van der Waals surface area contributed by atoms with Gasteiger partial charge >= 0.3 is 0 Å². The summed E-state index contributed by atoms with van der Waals surface area (Å²) in [5.41, 5.74) is 5.92. The Kier molecular flexibility index (Phi) is 5.79. The fourth-order valence-electron chi connectivity index (χ4n) is 1.26. The molecule has 92 valence electrons. The predicted octanol–water partition coefficient (Wildman–Crippen LogP) is 1.92. The molecule has 0 bridgehead atoms. The van der Waals surface area contributed by atoms with E-state index in [-0.39, 0.29) is 12.1 Å². The van der Waals surface area contributed by atoms with Crippen LogP contribution in [0.25, 0.3) is 0 Å². The maximum absolute atomic E-state index is 5.92. The summed E-state index contributed by atoms with van der Waals surface area (Å²) < 4.78 is 10.5. The van der Waals surface area contributed by atoms with Crippen molar-refractivity contribution in [1.29, 1.82) is 0 Å². The number of ether oxygens (including phenoxy) is 1. The van der Waals surface area contributed by atoms with Gasteiger partial charge in [0.15, 0.2) is 5.82 Å². The van der Waals surface area contributed by atoms with E-state index >= 15 is 0 Å². The van der Waals surface area contributed by atoms with E-state index in [0.29, 0.717) is 18.3 Å². The van der Waals surface area contributed by atoms with Crippen molar-refractivity contribution in [2.45, 2.75) is 32.4 Å². The Morgan fingerprint density at radius 3 is 2.94 bits per heavy atom. The molecular formula is C10H19N3O2S. The Hall–Kier alpha value is -0.590.